The van der Waals surface area contributed by atoms with Crippen molar-refractivity contribution in [2.75, 3.05) is 13.2 Å². The van der Waals surface area contributed by atoms with Gasteiger partial charge >= 0.3 is 0 Å². The highest BCUT2D eigenvalue weighted by Gasteiger charge is 1.97. The Morgan fingerprint density at radius 2 is 2.00 bits per heavy atom. The van der Waals surface area contributed by atoms with Gasteiger partial charge in [0.1, 0.15) is 12.4 Å². The van der Waals surface area contributed by atoms with Crippen LogP contribution in [-0.4, -0.2) is 13.2 Å². The maximum absolute atomic E-state index is 5.65. The first-order valence-electron chi connectivity index (χ1n) is 7.79. The van der Waals surface area contributed by atoms with E-state index in [1.165, 1.54) is 37.7 Å². The first-order chi connectivity index (χ1) is 9.72. The first-order valence-corrected chi connectivity index (χ1v) is 7.79. The van der Waals surface area contributed by atoms with Crippen LogP contribution in [0, 0.1) is 0 Å². The maximum Gasteiger partial charge on any atom is 0.120 e. The average Bonchev–Trinajstić information content (AvgIpc) is 2.45. The number of rotatable bonds is 11. The van der Waals surface area contributed by atoms with E-state index >= 15 is 0 Å². The molecule has 2 heteroatoms. The van der Waals surface area contributed by atoms with E-state index in [0.29, 0.717) is 6.61 Å². The summed E-state index contributed by atoms with van der Waals surface area (Å²) in [4.78, 5) is 0. The molecule has 0 bridgehead atoms. The lowest BCUT2D eigenvalue weighted by atomic mass is 10.1. The summed E-state index contributed by atoms with van der Waals surface area (Å²) in [7, 11) is 0. The number of nitrogens with one attached hydrogen (secondary N) is 1. The fraction of sp³-hybridized carbons (Fsp3) is 0.556. The fourth-order valence-corrected chi connectivity index (χ4v) is 2.04. The summed E-state index contributed by atoms with van der Waals surface area (Å²) >= 11 is 0. The number of hydrogen-bond acceptors (Lipinski definition) is 2. The highest BCUT2D eigenvalue weighted by atomic mass is 16.5. The standard InChI is InChI=1S/C18H29NO/c1-4-5-6-7-8-12-19-14-17-10-9-11-18(13-17)20-15-16(2)3/h9-11,13,19H,2,4-8,12,14-15H2,1,3H3. The molecule has 0 aliphatic heterocycles. The van der Waals surface area contributed by atoms with Gasteiger partial charge in [0.25, 0.3) is 0 Å². The molecule has 0 saturated heterocycles. The third-order valence-corrected chi connectivity index (χ3v) is 3.17. The second-order valence-corrected chi connectivity index (χ2v) is 5.48. The van der Waals surface area contributed by atoms with Gasteiger partial charge in [0.2, 0.25) is 0 Å². The summed E-state index contributed by atoms with van der Waals surface area (Å²) in [5, 5.41) is 3.50. The van der Waals surface area contributed by atoms with E-state index in [4.69, 9.17) is 4.74 Å². The molecule has 0 saturated carbocycles. The average molecular weight is 275 g/mol. The van der Waals surface area contributed by atoms with Crippen molar-refractivity contribution in [2.24, 2.45) is 0 Å². The van der Waals surface area contributed by atoms with Crippen LogP contribution in [0.1, 0.15) is 51.5 Å². The summed E-state index contributed by atoms with van der Waals surface area (Å²) in [5.74, 6) is 0.926. The SMILES string of the molecule is C=C(C)COc1cccc(CNCCCCCCC)c1. The van der Waals surface area contributed by atoms with Crippen LogP contribution in [0.2, 0.25) is 0 Å². The summed E-state index contributed by atoms with van der Waals surface area (Å²) in [6.07, 6.45) is 6.64. The molecule has 20 heavy (non-hydrogen) atoms. The van der Waals surface area contributed by atoms with Gasteiger partial charge in [-0.15, -0.1) is 0 Å². The van der Waals surface area contributed by atoms with Gasteiger partial charge in [-0.3, -0.25) is 0 Å². The van der Waals surface area contributed by atoms with Crippen molar-refractivity contribution in [3.05, 3.63) is 42.0 Å². The number of hydrogen-bond donors (Lipinski definition) is 1. The van der Waals surface area contributed by atoms with Crippen LogP contribution in [0.15, 0.2) is 36.4 Å². The molecule has 0 heterocycles. The molecule has 0 radical (unpaired) electrons. The first kappa shape index (κ1) is 16.8. The lowest BCUT2D eigenvalue weighted by molar-refractivity contribution is 0.352. The Bertz CT molecular complexity index is 387. The van der Waals surface area contributed by atoms with E-state index < -0.39 is 0 Å². The quantitative estimate of drug-likeness (QED) is 0.467. The molecule has 0 unspecified atom stereocenters. The number of benzene rings is 1. The predicted molar refractivity (Wildman–Crippen MR) is 87.2 cm³/mol. The molecule has 0 fully saturated rings. The van der Waals surface area contributed by atoms with E-state index in [1.807, 2.05) is 19.1 Å². The molecule has 2 nitrogen and oxygen atoms in total. The minimum atomic E-state index is 0.592. The van der Waals surface area contributed by atoms with Crippen LogP contribution >= 0.6 is 0 Å². The van der Waals surface area contributed by atoms with E-state index in [-0.39, 0.29) is 0 Å². The van der Waals surface area contributed by atoms with Crippen LogP contribution < -0.4 is 10.1 Å². The maximum atomic E-state index is 5.65. The summed E-state index contributed by atoms with van der Waals surface area (Å²) in [5.41, 5.74) is 2.32. The Hall–Kier alpha value is -1.28. The zero-order valence-corrected chi connectivity index (χ0v) is 13.1. The van der Waals surface area contributed by atoms with Gasteiger partial charge in [0.15, 0.2) is 0 Å². The summed E-state index contributed by atoms with van der Waals surface area (Å²) < 4.78 is 5.65. The Morgan fingerprint density at radius 3 is 2.75 bits per heavy atom. The van der Waals surface area contributed by atoms with E-state index in [1.54, 1.807) is 0 Å². The van der Waals surface area contributed by atoms with Gasteiger partial charge in [-0.1, -0.05) is 51.3 Å². The highest BCUT2D eigenvalue weighted by Crippen LogP contribution is 2.14. The van der Waals surface area contributed by atoms with Gasteiger partial charge in [0.05, 0.1) is 0 Å². The smallest absolute Gasteiger partial charge is 0.120 e. The third-order valence-electron chi connectivity index (χ3n) is 3.17. The Morgan fingerprint density at radius 1 is 1.20 bits per heavy atom. The van der Waals surface area contributed by atoms with Crippen LogP contribution in [0.3, 0.4) is 0 Å². The number of unbranched alkanes of at least 4 members (excludes halogenated alkanes) is 4. The van der Waals surface area contributed by atoms with Crippen molar-refractivity contribution in [2.45, 2.75) is 52.5 Å². The fourth-order valence-electron chi connectivity index (χ4n) is 2.04. The molecule has 0 amide bonds. The third kappa shape index (κ3) is 8.00. The Labute approximate surface area is 124 Å². The van der Waals surface area contributed by atoms with Crippen LogP contribution in [-0.2, 0) is 6.54 Å². The molecule has 1 rings (SSSR count). The molecule has 1 aromatic rings. The molecule has 112 valence electrons. The van der Waals surface area contributed by atoms with Crippen molar-refractivity contribution in [1.82, 2.24) is 5.32 Å². The molecule has 1 aromatic carbocycles. The van der Waals surface area contributed by atoms with E-state index in [2.05, 4.69) is 31.0 Å². The lowest BCUT2D eigenvalue weighted by Crippen LogP contribution is -2.14. The second kappa shape index (κ2) is 10.5. The zero-order chi connectivity index (χ0) is 14.6. The molecule has 1 N–H and O–H groups in total. The van der Waals surface area contributed by atoms with Crippen molar-refractivity contribution in [3.63, 3.8) is 0 Å². The molecular formula is C18H29NO. The van der Waals surface area contributed by atoms with Crippen molar-refractivity contribution >= 4 is 0 Å². The van der Waals surface area contributed by atoms with Gasteiger partial charge in [-0.2, -0.15) is 0 Å². The molecule has 0 aliphatic carbocycles. The Balaban J connectivity index is 2.19. The molecule has 0 atom stereocenters. The normalized spacial score (nSPS) is 10.5. The predicted octanol–water partition coefficient (Wildman–Crippen LogP) is 4.70. The van der Waals surface area contributed by atoms with Gasteiger partial charge in [-0.05, 0) is 43.2 Å². The van der Waals surface area contributed by atoms with Crippen molar-refractivity contribution in [3.8, 4) is 5.75 Å². The Kier molecular flexibility index (Phi) is 8.81. The highest BCUT2D eigenvalue weighted by molar-refractivity contribution is 5.28. The van der Waals surface area contributed by atoms with Crippen LogP contribution in [0.25, 0.3) is 0 Å². The van der Waals surface area contributed by atoms with Crippen LogP contribution in [0.4, 0.5) is 0 Å². The molecular weight excluding hydrogens is 246 g/mol. The van der Waals surface area contributed by atoms with Gasteiger partial charge in [-0.25, -0.2) is 0 Å². The minimum absolute atomic E-state index is 0.592. The molecule has 0 spiro atoms. The van der Waals surface area contributed by atoms with E-state index in [0.717, 1.165) is 24.4 Å². The monoisotopic (exact) mass is 275 g/mol. The van der Waals surface area contributed by atoms with Crippen molar-refractivity contribution < 1.29 is 4.74 Å². The topological polar surface area (TPSA) is 21.3 Å². The zero-order valence-electron chi connectivity index (χ0n) is 13.1. The summed E-state index contributed by atoms with van der Waals surface area (Å²) in [6.45, 7) is 10.7. The summed E-state index contributed by atoms with van der Waals surface area (Å²) in [6, 6.07) is 8.29. The van der Waals surface area contributed by atoms with E-state index in [9.17, 15) is 0 Å². The minimum Gasteiger partial charge on any atom is -0.489 e. The largest absolute Gasteiger partial charge is 0.489 e. The second-order valence-electron chi connectivity index (χ2n) is 5.48. The lowest BCUT2D eigenvalue weighted by Gasteiger charge is -2.09. The van der Waals surface area contributed by atoms with Crippen molar-refractivity contribution in [1.29, 1.82) is 0 Å². The van der Waals surface area contributed by atoms with Gasteiger partial charge in [0, 0.05) is 6.54 Å². The number of ether oxygens (including phenoxy) is 1. The van der Waals surface area contributed by atoms with Gasteiger partial charge < -0.3 is 10.1 Å². The molecule has 0 aromatic heterocycles. The molecule has 0 aliphatic rings. The van der Waals surface area contributed by atoms with Crippen LogP contribution in [0.5, 0.6) is 5.75 Å².